The molecule has 3 atom stereocenters. The van der Waals surface area contributed by atoms with Crippen molar-refractivity contribution in [2.45, 2.75) is 58.3 Å². The van der Waals surface area contributed by atoms with Gasteiger partial charge in [-0.1, -0.05) is 13.8 Å². The molecule has 130 valence electrons. The largest absolute Gasteiger partial charge is 0.351 e. The molecule has 3 aliphatic heterocycles. The SMILES string of the molecule is Cc1nc(C)c(C(=O)N2CC[C@@]34OC[C@@H](C(C)C)N3C(=O)C[C@@H]24)s1. The maximum absolute atomic E-state index is 13.0. The topological polar surface area (TPSA) is 62.7 Å². The van der Waals surface area contributed by atoms with Crippen LogP contribution in [0.5, 0.6) is 0 Å². The van der Waals surface area contributed by atoms with Crippen molar-refractivity contribution < 1.29 is 14.3 Å². The summed E-state index contributed by atoms with van der Waals surface area (Å²) in [5.74, 6) is 0.459. The standard InChI is InChI=1S/C17H23N3O3S/c1-9(2)12-8-23-17-5-6-19(13(17)7-14(21)20(12)17)16(22)15-10(3)18-11(4)24-15/h9,12-13H,5-8H2,1-4H3/t12-,13+,17-/m0/s1. The Labute approximate surface area is 145 Å². The highest BCUT2D eigenvalue weighted by atomic mass is 32.1. The Bertz CT molecular complexity index is 716. The summed E-state index contributed by atoms with van der Waals surface area (Å²) in [6.45, 7) is 9.22. The van der Waals surface area contributed by atoms with Crippen LogP contribution in [0, 0.1) is 19.8 Å². The van der Waals surface area contributed by atoms with E-state index in [0.717, 1.165) is 10.7 Å². The van der Waals surface area contributed by atoms with Crippen LogP contribution in [0.1, 0.15) is 47.1 Å². The molecule has 0 radical (unpaired) electrons. The normalized spacial score (nSPS) is 32.0. The first-order valence-electron chi connectivity index (χ1n) is 8.56. The maximum Gasteiger partial charge on any atom is 0.266 e. The van der Waals surface area contributed by atoms with E-state index in [-0.39, 0.29) is 23.9 Å². The van der Waals surface area contributed by atoms with Crippen LogP contribution in [-0.2, 0) is 9.53 Å². The van der Waals surface area contributed by atoms with Crippen molar-refractivity contribution in [1.82, 2.24) is 14.8 Å². The Kier molecular flexibility index (Phi) is 3.51. The second-order valence-electron chi connectivity index (χ2n) is 7.35. The zero-order valence-electron chi connectivity index (χ0n) is 14.5. The van der Waals surface area contributed by atoms with Crippen LogP contribution in [-0.4, -0.2) is 57.6 Å². The Hall–Kier alpha value is -1.47. The van der Waals surface area contributed by atoms with Crippen molar-refractivity contribution in [3.05, 3.63) is 15.6 Å². The Balaban J connectivity index is 1.66. The van der Waals surface area contributed by atoms with E-state index in [1.54, 1.807) is 0 Å². The summed E-state index contributed by atoms with van der Waals surface area (Å²) >= 11 is 1.43. The molecule has 0 bridgehead atoms. The number of ether oxygens (including phenoxy) is 1. The number of aryl methyl sites for hydroxylation is 2. The minimum atomic E-state index is -0.602. The first-order valence-corrected chi connectivity index (χ1v) is 9.38. The lowest BCUT2D eigenvalue weighted by Gasteiger charge is -2.34. The first kappa shape index (κ1) is 16.0. The van der Waals surface area contributed by atoms with E-state index in [9.17, 15) is 9.59 Å². The molecule has 0 N–H and O–H groups in total. The average Bonchev–Trinajstić information content (AvgIpc) is 3.20. The average molecular weight is 349 g/mol. The van der Waals surface area contributed by atoms with Gasteiger partial charge in [0.05, 0.1) is 35.8 Å². The van der Waals surface area contributed by atoms with Gasteiger partial charge in [-0.15, -0.1) is 11.3 Å². The zero-order valence-corrected chi connectivity index (χ0v) is 15.4. The zero-order chi connectivity index (χ0) is 17.2. The summed E-state index contributed by atoms with van der Waals surface area (Å²) in [5, 5.41) is 0.894. The predicted molar refractivity (Wildman–Crippen MR) is 89.8 cm³/mol. The van der Waals surface area contributed by atoms with Gasteiger partial charge in [-0.3, -0.25) is 9.59 Å². The number of thiazole rings is 1. The molecule has 1 aromatic heterocycles. The fourth-order valence-electron chi connectivity index (χ4n) is 4.47. The van der Waals surface area contributed by atoms with Gasteiger partial charge >= 0.3 is 0 Å². The molecule has 4 heterocycles. The third-order valence-corrected chi connectivity index (χ3v) is 6.68. The third-order valence-electron chi connectivity index (χ3n) is 5.62. The summed E-state index contributed by atoms with van der Waals surface area (Å²) in [6, 6.07) is -0.0620. The van der Waals surface area contributed by atoms with Crippen molar-refractivity contribution in [1.29, 1.82) is 0 Å². The van der Waals surface area contributed by atoms with E-state index in [0.29, 0.717) is 36.8 Å². The van der Waals surface area contributed by atoms with E-state index in [2.05, 4.69) is 18.8 Å². The van der Waals surface area contributed by atoms with Crippen LogP contribution in [0.3, 0.4) is 0 Å². The molecule has 3 saturated heterocycles. The van der Waals surface area contributed by atoms with Gasteiger partial charge < -0.3 is 14.5 Å². The molecule has 1 aromatic rings. The van der Waals surface area contributed by atoms with Gasteiger partial charge in [0.2, 0.25) is 5.91 Å². The van der Waals surface area contributed by atoms with E-state index in [4.69, 9.17) is 4.74 Å². The highest BCUT2D eigenvalue weighted by Gasteiger charge is 2.65. The van der Waals surface area contributed by atoms with Crippen LogP contribution in [0.4, 0.5) is 0 Å². The van der Waals surface area contributed by atoms with Gasteiger partial charge in [0.15, 0.2) is 5.72 Å². The van der Waals surface area contributed by atoms with Gasteiger partial charge in [-0.2, -0.15) is 0 Å². The number of hydrogen-bond donors (Lipinski definition) is 0. The van der Waals surface area contributed by atoms with Gasteiger partial charge in [-0.25, -0.2) is 4.98 Å². The molecule has 7 heteroatoms. The Morgan fingerprint density at radius 3 is 2.79 bits per heavy atom. The highest BCUT2D eigenvalue weighted by Crippen LogP contribution is 2.49. The quantitative estimate of drug-likeness (QED) is 0.819. The predicted octanol–water partition coefficient (Wildman–Crippen LogP) is 1.96. The summed E-state index contributed by atoms with van der Waals surface area (Å²) in [5.41, 5.74) is 0.173. The number of rotatable bonds is 2. The number of aromatic nitrogens is 1. The van der Waals surface area contributed by atoms with Crippen molar-refractivity contribution >= 4 is 23.2 Å². The van der Waals surface area contributed by atoms with Gasteiger partial charge in [0, 0.05) is 13.0 Å². The number of carbonyl (C=O) groups excluding carboxylic acids is 2. The molecule has 0 aromatic carbocycles. The molecule has 3 aliphatic rings. The molecule has 0 unspecified atom stereocenters. The summed E-state index contributed by atoms with van der Waals surface area (Å²) < 4.78 is 6.18. The van der Waals surface area contributed by atoms with E-state index >= 15 is 0 Å². The van der Waals surface area contributed by atoms with Gasteiger partial charge in [-0.05, 0) is 19.8 Å². The minimum Gasteiger partial charge on any atom is -0.351 e. The second-order valence-corrected chi connectivity index (χ2v) is 8.55. The number of carbonyl (C=O) groups is 2. The lowest BCUT2D eigenvalue weighted by molar-refractivity contribution is -0.139. The van der Waals surface area contributed by atoms with E-state index in [1.165, 1.54) is 11.3 Å². The monoisotopic (exact) mass is 349 g/mol. The molecule has 4 rings (SSSR count). The van der Waals surface area contributed by atoms with Crippen LogP contribution in [0.2, 0.25) is 0 Å². The summed E-state index contributed by atoms with van der Waals surface area (Å²) in [4.78, 5) is 34.5. The molecular weight excluding hydrogens is 326 g/mol. The van der Waals surface area contributed by atoms with Crippen LogP contribution < -0.4 is 0 Å². The van der Waals surface area contributed by atoms with Crippen molar-refractivity contribution in [2.24, 2.45) is 5.92 Å². The van der Waals surface area contributed by atoms with Gasteiger partial charge in [0.25, 0.3) is 5.91 Å². The van der Waals surface area contributed by atoms with Crippen molar-refractivity contribution in [2.75, 3.05) is 13.2 Å². The Morgan fingerprint density at radius 1 is 1.42 bits per heavy atom. The minimum absolute atomic E-state index is 0.00813. The molecule has 0 saturated carbocycles. The molecule has 2 amide bonds. The van der Waals surface area contributed by atoms with Crippen LogP contribution >= 0.6 is 11.3 Å². The number of nitrogens with zero attached hydrogens (tertiary/aromatic N) is 3. The number of hydrogen-bond acceptors (Lipinski definition) is 5. The molecular formula is C17H23N3O3S. The number of likely N-dealkylation sites (tertiary alicyclic amines) is 1. The summed E-state index contributed by atoms with van der Waals surface area (Å²) in [6.07, 6.45) is 1.07. The van der Waals surface area contributed by atoms with E-state index < -0.39 is 5.72 Å². The molecule has 1 spiro atoms. The lowest BCUT2D eigenvalue weighted by Crippen LogP contribution is -2.51. The molecule has 0 aliphatic carbocycles. The fourth-order valence-corrected chi connectivity index (χ4v) is 5.35. The van der Waals surface area contributed by atoms with Crippen molar-refractivity contribution in [3.63, 3.8) is 0 Å². The van der Waals surface area contributed by atoms with Crippen LogP contribution in [0.25, 0.3) is 0 Å². The first-order chi connectivity index (χ1) is 11.3. The smallest absolute Gasteiger partial charge is 0.266 e. The second kappa shape index (κ2) is 5.26. The van der Waals surface area contributed by atoms with Gasteiger partial charge in [0.1, 0.15) is 4.88 Å². The van der Waals surface area contributed by atoms with Crippen molar-refractivity contribution in [3.8, 4) is 0 Å². The highest BCUT2D eigenvalue weighted by molar-refractivity contribution is 7.13. The molecule has 3 fully saturated rings. The molecule has 24 heavy (non-hydrogen) atoms. The third kappa shape index (κ3) is 2.00. The summed E-state index contributed by atoms with van der Waals surface area (Å²) in [7, 11) is 0. The lowest BCUT2D eigenvalue weighted by atomic mass is 10.0. The van der Waals surface area contributed by atoms with E-state index in [1.807, 2.05) is 23.6 Å². The Morgan fingerprint density at radius 2 is 2.17 bits per heavy atom. The van der Waals surface area contributed by atoms with Crippen LogP contribution in [0.15, 0.2) is 0 Å². The molecule has 6 nitrogen and oxygen atoms in total. The maximum atomic E-state index is 13.0. The fraction of sp³-hybridized carbons (Fsp3) is 0.706. The number of amides is 2.